The van der Waals surface area contributed by atoms with Crippen LogP contribution in [0.1, 0.15) is 26.6 Å². The molecule has 0 aliphatic heterocycles. The van der Waals surface area contributed by atoms with Gasteiger partial charge in [0, 0.05) is 11.6 Å². The van der Waals surface area contributed by atoms with Gasteiger partial charge in [0.05, 0.1) is 22.9 Å². The number of hydrogen-bond donors (Lipinski definition) is 2. The minimum atomic E-state index is -0.173. The number of thiophene rings is 1. The quantitative estimate of drug-likeness (QED) is 0.366. The minimum absolute atomic E-state index is 0.157. The molecule has 0 fully saturated rings. The summed E-state index contributed by atoms with van der Waals surface area (Å²) in [4.78, 5) is 29.4. The van der Waals surface area contributed by atoms with Crippen molar-refractivity contribution in [1.29, 1.82) is 0 Å². The van der Waals surface area contributed by atoms with E-state index in [1.165, 1.54) is 34.4 Å². The van der Waals surface area contributed by atoms with E-state index in [1.807, 2.05) is 48.1 Å². The second-order valence-corrected chi connectivity index (χ2v) is 9.57. The van der Waals surface area contributed by atoms with E-state index >= 15 is 0 Å². The Bertz CT molecular complexity index is 1220. The molecule has 0 spiro atoms. The summed E-state index contributed by atoms with van der Waals surface area (Å²) in [5, 5.41) is 19.1. The SMILES string of the molecule is Cc1cccc(-n2c(CNC(=O)c3cccs3)nnc2SCC(=O)Nc2nccs2)c1C. The molecule has 0 unspecified atom stereocenters. The Labute approximate surface area is 197 Å². The van der Waals surface area contributed by atoms with Crippen LogP contribution in [0.15, 0.2) is 52.4 Å². The van der Waals surface area contributed by atoms with Crippen molar-refractivity contribution in [3.05, 3.63) is 69.1 Å². The second-order valence-electron chi connectivity index (χ2n) is 6.79. The summed E-state index contributed by atoms with van der Waals surface area (Å²) in [5.74, 6) is 0.413. The highest BCUT2D eigenvalue weighted by Crippen LogP contribution is 2.26. The largest absolute Gasteiger partial charge is 0.344 e. The fourth-order valence-electron chi connectivity index (χ4n) is 2.95. The summed E-state index contributed by atoms with van der Waals surface area (Å²) in [6, 6.07) is 9.60. The zero-order valence-corrected chi connectivity index (χ0v) is 19.8. The maximum atomic E-state index is 12.4. The number of anilines is 1. The van der Waals surface area contributed by atoms with Gasteiger partial charge in [0.2, 0.25) is 5.91 Å². The van der Waals surface area contributed by atoms with Crippen LogP contribution in [0.2, 0.25) is 0 Å². The van der Waals surface area contributed by atoms with Crippen LogP contribution in [0, 0.1) is 13.8 Å². The molecule has 0 aliphatic carbocycles. The predicted octanol–water partition coefficient (Wildman–Crippen LogP) is 4.06. The summed E-state index contributed by atoms with van der Waals surface area (Å²) in [5.41, 5.74) is 3.12. The number of carbonyl (C=O) groups is 2. The van der Waals surface area contributed by atoms with Gasteiger partial charge in [0.25, 0.3) is 5.91 Å². The molecule has 2 N–H and O–H groups in total. The zero-order valence-electron chi connectivity index (χ0n) is 17.4. The van der Waals surface area contributed by atoms with Crippen molar-refractivity contribution in [2.24, 2.45) is 0 Å². The number of nitrogens with one attached hydrogen (secondary N) is 2. The van der Waals surface area contributed by atoms with E-state index in [4.69, 9.17) is 0 Å². The number of thioether (sulfide) groups is 1. The van der Waals surface area contributed by atoms with E-state index in [1.54, 1.807) is 17.6 Å². The summed E-state index contributed by atoms with van der Waals surface area (Å²) < 4.78 is 1.90. The molecule has 1 aromatic carbocycles. The first-order valence-electron chi connectivity index (χ1n) is 9.67. The molecule has 32 heavy (non-hydrogen) atoms. The number of thiazole rings is 1. The average Bonchev–Trinajstić information content (AvgIpc) is 3.55. The fraction of sp³-hybridized carbons (Fsp3) is 0.190. The summed E-state index contributed by atoms with van der Waals surface area (Å²) in [7, 11) is 0. The Balaban J connectivity index is 1.56. The summed E-state index contributed by atoms with van der Waals surface area (Å²) in [6.07, 6.45) is 1.64. The van der Waals surface area contributed by atoms with Gasteiger partial charge in [-0.15, -0.1) is 32.9 Å². The number of aromatic nitrogens is 4. The van der Waals surface area contributed by atoms with Gasteiger partial charge in [-0.3, -0.25) is 14.2 Å². The Morgan fingerprint density at radius 3 is 2.72 bits per heavy atom. The molecule has 164 valence electrons. The molecule has 0 aliphatic rings. The van der Waals surface area contributed by atoms with Gasteiger partial charge in [0.1, 0.15) is 0 Å². The highest BCUT2D eigenvalue weighted by atomic mass is 32.2. The lowest BCUT2D eigenvalue weighted by Gasteiger charge is -2.14. The van der Waals surface area contributed by atoms with Crippen LogP contribution < -0.4 is 10.6 Å². The van der Waals surface area contributed by atoms with Crippen LogP contribution in [0.4, 0.5) is 5.13 Å². The second kappa shape index (κ2) is 10.1. The summed E-state index contributed by atoms with van der Waals surface area (Å²) in [6.45, 7) is 4.28. The number of nitrogens with zero attached hydrogens (tertiary/aromatic N) is 4. The zero-order chi connectivity index (χ0) is 22.5. The predicted molar refractivity (Wildman–Crippen MR) is 128 cm³/mol. The Morgan fingerprint density at radius 2 is 1.97 bits per heavy atom. The molecule has 4 aromatic rings. The third kappa shape index (κ3) is 5.06. The molecular formula is C21H20N6O2S3. The van der Waals surface area contributed by atoms with Crippen LogP contribution in [0.5, 0.6) is 0 Å². The maximum absolute atomic E-state index is 12.4. The smallest absolute Gasteiger partial charge is 0.261 e. The van der Waals surface area contributed by atoms with Crippen molar-refractivity contribution in [3.8, 4) is 5.69 Å². The average molecular weight is 485 g/mol. The molecular weight excluding hydrogens is 464 g/mol. The normalized spacial score (nSPS) is 10.8. The number of carbonyl (C=O) groups excluding carboxylic acids is 2. The van der Waals surface area contributed by atoms with Gasteiger partial charge >= 0.3 is 0 Å². The van der Waals surface area contributed by atoms with Crippen molar-refractivity contribution in [2.45, 2.75) is 25.5 Å². The first-order valence-corrected chi connectivity index (χ1v) is 12.4. The van der Waals surface area contributed by atoms with Gasteiger partial charge < -0.3 is 10.6 Å². The number of amides is 2. The molecule has 11 heteroatoms. The monoisotopic (exact) mass is 484 g/mol. The highest BCUT2D eigenvalue weighted by molar-refractivity contribution is 7.99. The van der Waals surface area contributed by atoms with Crippen molar-refractivity contribution in [3.63, 3.8) is 0 Å². The lowest BCUT2D eigenvalue weighted by Crippen LogP contribution is -2.24. The number of rotatable bonds is 8. The topological polar surface area (TPSA) is 102 Å². The van der Waals surface area contributed by atoms with Gasteiger partial charge in [-0.1, -0.05) is 30.0 Å². The van der Waals surface area contributed by atoms with E-state index in [0.29, 0.717) is 21.0 Å². The minimum Gasteiger partial charge on any atom is -0.344 e. The maximum Gasteiger partial charge on any atom is 0.261 e. The molecule has 3 aromatic heterocycles. The molecule has 3 heterocycles. The van der Waals surface area contributed by atoms with E-state index < -0.39 is 0 Å². The van der Waals surface area contributed by atoms with Crippen molar-refractivity contribution >= 4 is 51.4 Å². The molecule has 4 rings (SSSR count). The first-order chi connectivity index (χ1) is 15.5. The van der Waals surface area contributed by atoms with Crippen LogP contribution >= 0.6 is 34.4 Å². The Morgan fingerprint density at radius 1 is 1.09 bits per heavy atom. The standard InChI is InChI=1S/C21H20N6O2S3/c1-13-5-3-6-15(14(13)2)27-17(11-23-19(29)16-7-4-9-30-16)25-26-21(27)32-12-18(28)24-20-22-8-10-31-20/h3-10H,11-12H2,1-2H3,(H,23,29)(H,22,24,28). The van der Waals surface area contributed by atoms with Crippen LogP contribution in [0.3, 0.4) is 0 Å². The number of aryl methyl sites for hydroxylation is 1. The number of benzene rings is 1. The van der Waals surface area contributed by atoms with E-state index in [-0.39, 0.29) is 24.1 Å². The van der Waals surface area contributed by atoms with Crippen molar-refractivity contribution in [2.75, 3.05) is 11.1 Å². The third-order valence-corrected chi connectivity index (χ3v) is 7.17. The summed E-state index contributed by atoms with van der Waals surface area (Å²) >= 11 is 4.03. The third-order valence-electron chi connectivity index (χ3n) is 4.68. The van der Waals surface area contributed by atoms with Gasteiger partial charge in [0.15, 0.2) is 16.1 Å². The molecule has 0 saturated heterocycles. The van der Waals surface area contributed by atoms with Gasteiger partial charge in [-0.2, -0.15) is 0 Å². The Hall–Kier alpha value is -3.02. The van der Waals surface area contributed by atoms with Gasteiger partial charge in [-0.05, 0) is 42.5 Å². The lowest BCUT2D eigenvalue weighted by atomic mass is 10.1. The van der Waals surface area contributed by atoms with E-state index in [0.717, 1.165) is 16.8 Å². The van der Waals surface area contributed by atoms with E-state index in [2.05, 4.69) is 25.8 Å². The molecule has 8 nitrogen and oxygen atoms in total. The first kappa shape index (κ1) is 22.2. The van der Waals surface area contributed by atoms with Crippen molar-refractivity contribution < 1.29 is 9.59 Å². The van der Waals surface area contributed by atoms with Crippen LogP contribution in [-0.2, 0) is 11.3 Å². The van der Waals surface area contributed by atoms with Gasteiger partial charge in [-0.25, -0.2) is 4.98 Å². The van der Waals surface area contributed by atoms with Crippen LogP contribution in [-0.4, -0.2) is 37.3 Å². The molecule has 0 radical (unpaired) electrons. The molecule has 0 saturated carbocycles. The molecule has 0 bridgehead atoms. The van der Waals surface area contributed by atoms with E-state index in [9.17, 15) is 9.59 Å². The van der Waals surface area contributed by atoms with Crippen LogP contribution in [0.25, 0.3) is 5.69 Å². The number of hydrogen-bond acceptors (Lipinski definition) is 8. The Kier molecular flexibility index (Phi) is 6.98. The highest BCUT2D eigenvalue weighted by Gasteiger charge is 2.19. The molecule has 0 atom stereocenters. The fourth-order valence-corrected chi connectivity index (χ4v) is 4.90. The molecule has 2 amide bonds. The lowest BCUT2D eigenvalue weighted by molar-refractivity contribution is -0.113. The van der Waals surface area contributed by atoms with Crippen molar-refractivity contribution in [1.82, 2.24) is 25.1 Å².